The molecule has 2 atom stereocenters. The molecule has 0 aromatic rings. The summed E-state index contributed by atoms with van der Waals surface area (Å²) >= 11 is 0. The van der Waals surface area contributed by atoms with Gasteiger partial charge in [-0.15, -0.1) is 0 Å². The molecule has 0 aromatic carbocycles. The Labute approximate surface area is 94.0 Å². The van der Waals surface area contributed by atoms with Crippen LogP contribution >= 0.6 is 0 Å². The summed E-state index contributed by atoms with van der Waals surface area (Å²) in [7, 11) is 1.81. The summed E-state index contributed by atoms with van der Waals surface area (Å²) in [4.78, 5) is 2.45. The fraction of sp³-hybridized carbons (Fsp3) is 1.00. The van der Waals surface area contributed by atoms with Crippen LogP contribution < -0.4 is 5.73 Å². The zero-order valence-corrected chi connectivity index (χ0v) is 10.5. The molecule has 2 unspecified atom stereocenters. The molecule has 0 amide bonds. The van der Waals surface area contributed by atoms with E-state index >= 15 is 0 Å². The van der Waals surface area contributed by atoms with Gasteiger partial charge in [-0.2, -0.15) is 0 Å². The Bertz CT molecular complexity index is 186. The van der Waals surface area contributed by atoms with Crippen molar-refractivity contribution in [3.05, 3.63) is 0 Å². The summed E-state index contributed by atoms with van der Waals surface area (Å²) in [6, 6.07) is 0.328. The molecule has 90 valence electrons. The van der Waals surface area contributed by atoms with E-state index in [0.29, 0.717) is 6.04 Å². The van der Waals surface area contributed by atoms with Gasteiger partial charge in [0.25, 0.3) is 0 Å². The highest BCUT2D eigenvalue weighted by molar-refractivity contribution is 4.85. The van der Waals surface area contributed by atoms with Gasteiger partial charge in [0.05, 0.1) is 5.60 Å². The first-order valence-corrected chi connectivity index (χ1v) is 6.13. The van der Waals surface area contributed by atoms with Crippen LogP contribution in [0.1, 0.15) is 39.5 Å². The Morgan fingerprint density at radius 3 is 2.87 bits per heavy atom. The van der Waals surface area contributed by atoms with E-state index < -0.39 is 0 Å². The Balaban J connectivity index is 2.36. The van der Waals surface area contributed by atoms with E-state index in [1.807, 2.05) is 7.11 Å². The molecule has 1 aliphatic rings. The smallest absolute Gasteiger partial charge is 0.0777 e. The molecule has 1 fully saturated rings. The Morgan fingerprint density at radius 2 is 2.27 bits per heavy atom. The van der Waals surface area contributed by atoms with Gasteiger partial charge >= 0.3 is 0 Å². The maximum absolute atomic E-state index is 6.06. The second-order valence-corrected chi connectivity index (χ2v) is 5.04. The molecule has 0 aromatic heterocycles. The van der Waals surface area contributed by atoms with Crippen molar-refractivity contribution < 1.29 is 4.74 Å². The lowest BCUT2D eigenvalue weighted by Crippen LogP contribution is -2.50. The lowest BCUT2D eigenvalue weighted by atomic mass is 9.94. The van der Waals surface area contributed by atoms with Crippen LogP contribution in [-0.4, -0.2) is 43.3 Å². The third-order valence-corrected chi connectivity index (χ3v) is 3.38. The van der Waals surface area contributed by atoms with Crippen molar-refractivity contribution >= 4 is 0 Å². The van der Waals surface area contributed by atoms with Gasteiger partial charge in [0, 0.05) is 26.2 Å². The number of likely N-dealkylation sites (tertiary alicyclic amines) is 1. The van der Waals surface area contributed by atoms with Crippen molar-refractivity contribution in [3.63, 3.8) is 0 Å². The van der Waals surface area contributed by atoms with Gasteiger partial charge in [0.1, 0.15) is 0 Å². The quantitative estimate of drug-likeness (QED) is 0.755. The average Bonchev–Trinajstić information content (AvgIpc) is 2.18. The van der Waals surface area contributed by atoms with Gasteiger partial charge in [0.15, 0.2) is 0 Å². The monoisotopic (exact) mass is 214 g/mol. The van der Waals surface area contributed by atoms with Crippen LogP contribution in [0.3, 0.4) is 0 Å². The SMILES string of the molecule is CCCC(N)CN1CCCC(C)(OC)C1. The minimum atomic E-state index is 0.0458. The topological polar surface area (TPSA) is 38.5 Å². The van der Waals surface area contributed by atoms with Crippen molar-refractivity contribution in [2.75, 3.05) is 26.7 Å². The third-order valence-electron chi connectivity index (χ3n) is 3.38. The second-order valence-electron chi connectivity index (χ2n) is 5.04. The molecule has 1 aliphatic heterocycles. The lowest BCUT2D eigenvalue weighted by molar-refractivity contribution is -0.0517. The molecule has 0 saturated carbocycles. The van der Waals surface area contributed by atoms with Gasteiger partial charge in [-0.1, -0.05) is 13.3 Å². The highest BCUT2D eigenvalue weighted by Crippen LogP contribution is 2.23. The van der Waals surface area contributed by atoms with E-state index in [1.165, 1.54) is 25.8 Å². The van der Waals surface area contributed by atoms with E-state index in [2.05, 4.69) is 18.7 Å². The number of ether oxygens (including phenoxy) is 1. The number of piperidine rings is 1. The Morgan fingerprint density at radius 1 is 1.53 bits per heavy atom. The summed E-state index contributed by atoms with van der Waals surface area (Å²) in [6.45, 7) is 7.61. The fourth-order valence-corrected chi connectivity index (χ4v) is 2.42. The van der Waals surface area contributed by atoms with E-state index in [-0.39, 0.29) is 5.60 Å². The highest BCUT2D eigenvalue weighted by Gasteiger charge is 2.30. The third kappa shape index (κ3) is 4.09. The van der Waals surface area contributed by atoms with E-state index in [9.17, 15) is 0 Å². The first-order valence-electron chi connectivity index (χ1n) is 6.13. The van der Waals surface area contributed by atoms with Crippen molar-refractivity contribution in [2.24, 2.45) is 5.73 Å². The van der Waals surface area contributed by atoms with Crippen LogP contribution in [-0.2, 0) is 4.74 Å². The van der Waals surface area contributed by atoms with E-state index in [1.54, 1.807) is 0 Å². The summed E-state index contributed by atoms with van der Waals surface area (Å²) in [5, 5.41) is 0. The molecule has 0 aliphatic carbocycles. The summed E-state index contributed by atoms with van der Waals surface area (Å²) in [5.41, 5.74) is 6.11. The number of nitrogens with zero attached hydrogens (tertiary/aromatic N) is 1. The van der Waals surface area contributed by atoms with Crippen molar-refractivity contribution in [1.82, 2.24) is 4.90 Å². The molecular formula is C12H26N2O. The number of methoxy groups -OCH3 is 1. The molecule has 3 heteroatoms. The maximum atomic E-state index is 6.06. The van der Waals surface area contributed by atoms with Crippen molar-refractivity contribution in [2.45, 2.75) is 51.2 Å². The standard InChI is InChI=1S/C12H26N2O/c1-4-6-11(13)9-14-8-5-7-12(2,10-14)15-3/h11H,4-10,13H2,1-3H3. The highest BCUT2D eigenvalue weighted by atomic mass is 16.5. The first-order chi connectivity index (χ1) is 7.09. The van der Waals surface area contributed by atoms with Crippen LogP contribution in [0.25, 0.3) is 0 Å². The molecule has 0 spiro atoms. The molecule has 1 heterocycles. The van der Waals surface area contributed by atoms with Gasteiger partial charge < -0.3 is 10.5 Å². The van der Waals surface area contributed by atoms with Crippen LogP contribution in [0.5, 0.6) is 0 Å². The Kier molecular flexibility index (Phi) is 5.03. The fourth-order valence-electron chi connectivity index (χ4n) is 2.42. The minimum Gasteiger partial charge on any atom is -0.377 e. The molecule has 1 saturated heterocycles. The normalized spacial score (nSPS) is 30.4. The van der Waals surface area contributed by atoms with Crippen LogP contribution in [0, 0.1) is 0 Å². The number of hydrogen-bond acceptors (Lipinski definition) is 3. The van der Waals surface area contributed by atoms with Crippen LogP contribution in [0.2, 0.25) is 0 Å². The second kappa shape index (κ2) is 5.83. The van der Waals surface area contributed by atoms with Gasteiger partial charge in [0.2, 0.25) is 0 Å². The van der Waals surface area contributed by atoms with Gasteiger partial charge in [-0.05, 0) is 32.7 Å². The molecule has 2 N–H and O–H groups in total. The lowest BCUT2D eigenvalue weighted by Gasteiger charge is -2.40. The molecule has 15 heavy (non-hydrogen) atoms. The zero-order valence-electron chi connectivity index (χ0n) is 10.5. The molecule has 0 radical (unpaired) electrons. The predicted molar refractivity (Wildman–Crippen MR) is 64.0 cm³/mol. The predicted octanol–water partition coefficient (Wildman–Crippen LogP) is 1.61. The Hall–Kier alpha value is -0.120. The largest absolute Gasteiger partial charge is 0.377 e. The van der Waals surface area contributed by atoms with Gasteiger partial charge in [-0.3, -0.25) is 4.90 Å². The number of rotatable bonds is 5. The molecular weight excluding hydrogens is 188 g/mol. The minimum absolute atomic E-state index is 0.0458. The number of nitrogens with two attached hydrogens (primary N) is 1. The summed E-state index contributed by atoms with van der Waals surface area (Å²) in [6.07, 6.45) is 4.70. The van der Waals surface area contributed by atoms with Gasteiger partial charge in [-0.25, -0.2) is 0 Å². The van der Waals surface area contributed by atoms with Crippen LogP contribution in [0.15, 0.2) is 0 Å². The van der Waals surface area contributed by atoms with Crippen molar-refractivity contribution in [1.29, 1.82) is 0 Å². The van der Waals surface area contributed by atoms with E-state index in [0.717, 1.165) is 19.5 Å². The summed E-state index contributed by atoms with van der Waals surface area (Å²) < 4.78 is 5.57. The maximum Gasteiger partial charge on any atom is 0.0777 e. The number of hydrogen-bond donors (Lipinski definition) is 1. The van der Waals surface area contributed by atoms with Crippen LogP contribution in [0.4, 0.5) is 0 Å². The average molecular weight is 214 g/mol. The van der Waals surface area contributed by atoms with Crippen molar-refractivity contribution in [3.8, 4) is 0 Å². The molecule has 1 rings (SSSR count). The molecule has 0 bridgehead atoms. The zero-order chi connectivity index (χ0) is 11.3. The van der Waals surface area contributed by atoms with E-state index in [4.69, 9.17) is 10.5 Å². The summed E-state index contributed by atoms with van der Waals surface area (Å²) in [5.74, 6) is 0. The molecule has 3 nitrogen and oxygen atoms in total. The first kappa shape index (κ1) is 12.9.